The van der Waals surface area contributed by atoms with E-state index in [9.17, 15) is 19.2 Å². The molecule has 0 radical (unpaired) electrons. The lowest BCUT2D eigenvalue weighted by molar-refractivity contribution is -0.155. The van der Waals surface area contributed by atoms with Crippen LogP contribution in [0.1, 0.15) is 47.0 Å². The molecule has 0 saturated heterocycles. The molecule has 1 aliphatic carbocycles. The number of methoxy groups -OCH3 is 1. The Morgan fingerprint density at radius 3 is 2.31 bits per heavy atom. The molecule has 0 aromatic rings. The first-order chi connectivity index (χ1) is 11.8. The second kappa shape index (κ2) is 8.03. The number of carbonyl (C=O) groups is 4. The molecular weight excluding hydrogens is 342 g/mol. The van der Waals surface area contributed by atoms with Crippen LogP contribution >= 0.6 is 0 Å². The number of carbonyl (C=O) groups excluding carboxylic acids is 3. The molecule has 0 bridgehead atoms. The van der Waals surface area contributed by atoms with E-state index < -0.39 is 36.0 Å². The van der Waals surface area contributed by atoms with Crippen molar-refractivity contribution >= 4 is 23.8 Å². The van der Waals surface area contributed by atoms with Gasteiger partial charge in [-0.15, -0.1) is 0 Å². The van der Waals surface area contributed by atoms with Crippen molar-refractivity contribution in [2.75, 3.05) is 7.11 Å². The lowest BCUT2D eigenvalue weighted by Crippen LogP contribution is -2.67. The first-order valence-corrected chi connectivity index (χ1v) is 8.54. The minimum absolute atomic E-state index is 0.122. The number of hydrogen-bond acceptors (Lipinski definition) is 6. The van der Waals surface area contributed by atoms with Gasteiger partial charge in [-0.1, -0.05) is 20.8 Å². The van der Waals surface area contributed by atoms with E-state index >= 15 is 0 Å². The van der Waals surface area contributed by atoms with Crippen LogP contribution in [0.15, 0.2) is 0 Å². The number of esters is 1. The molecule has 1 fully saturated rings. The third kappa shape index (κ3) is 4.94. The Morgan fingerprint density at radius 2 is 1.88 bits per heavy atom. The molecule has 26 heavy (non-hydrogen) atoms. The molecule has 0 aromatic heterocycles. The van der Waals surface area contributed by atoms with Crippen LogP contribution in [0.25, 0.3) is 0 Å². The molecule has 0 spiro atoms. The number of carboxylic acid groups (broad SMARTS) is 1. The van der Waals surface area contributed by atoms with Crippen LogP contribution < -0.4 is 16.4 Å². The van der Waals surface area contributed by atoms with E-state index in [1.165, 1.54) is 6.92 Å². The van der Waals surface area contributed by atoms with Gasteiger partial charge in [0.05, 0.1) is 19.6 Å². The first-order valence-electron chi connectivity index (χ1n) is 8.54. The third-order valence-electron chi connectivity index (χ3n) is 5.01. The highest BCUT2D eigenvalue weighted by Gasteiger charge is 2.47. The zero-order valence-electron chi connectivity index (χ0n) is 15.9. The Labute approximate surface area is 153 Å². The van der Waals surface area contributed by atoms with Gasteiger partial charge < -0.3 is 26.2 Å². The van der Waals surface area contributed by atoms with E-state index in [1.54, 1.807) is 0 Å². The summed E-state index contributed by atoms with van der Waals surface area (Å²) in [6.45, 7) is 7.22. The summed E-state index contributed by atoms with van der Waals surface area (Å²) in [6, 6.07) is -1.37. The van der Waals surface area contributed by atoms with Crippen LogP contribution in [0.4, 0.5) is 0 Å². The standard InChI is InChI=1S/C17H29N3O6/c1-9-6-7-16(2,3)12(9)14(24)20-17(4,15(25)26-5)19-13(23)10(18)8-11(21)22/h9-10,12H,6-8,18H2,1-5H3,(H,19,23)(H,20,24)(H,21,22)/t9?,10-,12?,17?/m0/s1. The second-order valence-electron chi connectivity index (χ2n) is 7.78. The van der Waals surface area contributed by atoms with Gasteiger partial charge in [0.2, 0.25) is 17.5 Å². The topological polar surface area (TPSA) is 148 Å². The van der Waals surface area contributed by atoms with Crippen LogP contribution in [0.5, 0.6) is 0 Å². The van der Waals surface area contributed by atoms with Gasteiger partial charge in [0.25, 0.3) is 0 Å². The number of carboxylic acids is 1. The SMILES string of the molecule is COC(=O)C(C)(NC(=O)C1C(C)CCC1(C)C)NC(=O)[C@@H](N)CC(=O)O. The fourth-order valence-corrected chi connectivity index (χ4v) is 3.59. The fourth-order valence-electron chi connectivity index (χ4n) is 3.59. The van der Waals surface area contributed by atoms with Gasteiger partial charge >= 0.3 is 11.9 Å². The monoisotopic (exact) mass is 371 g/mol. The summed E-state index contributed by atoms with van der Waals surface area (Å²) >= 11 is 0. The summed E-state index contributed by atoms with van der Waals surface area (Å²) in [6.07, 6.45) is 1.15. The Bertz CT molecular complexity index is 591. The molecule has 1 rings (SSSR count). The van der Waals surface area contributed by atoms with Crippen LogP contribution in [0.2, 0.25) is 0 Å². The first kappa shape index (κ1) is 21.9. The summed E-state index contributed by atoms with van der Waals surface area (Å²) in [5.74, 6) is -3.60. The van der Waals surface area contributed by atoms with E-state index in [2.05, 4.69) is 10.6 Å². The Hall–Kier alpha value is -2.16. The van der Waals surface area contributed by atoms with E-state index in [-0.39, 0.29) is 23.2 Å². The number of aliphatic carboxylic acids is 1. The minimum atomic E-state index is -1.85. The summed E-state index contributed by atoms with van der Waals surface area (Å²) in [4.78, 5) is 47.9. The molecule has 148 valence electrons. The minimum Gasteiger partial charge on any atom is -0.481 e. The lowest BCUT2D eigenvalue weighted by Gasteiger charge is -2.34. The summed E-state index contributed by atoms with van der Waals surface area (Å²) in [5, 5.41) is 13.6. The number of nitrogens with one attached hydrogen (secondary N) is 2. The number of ether oxygens (including phenoxy) is 1. The van der Waals surface area contributed by atoms with Gasteiger partial charge in [0.1, 0.15) is 0 Å². The zero-order chi connectivity index (χ0) is 20.3. The maximum Gasteiger partial charge on any atom is 0.352 e. The summed E-state index contributed by atoms with van der Waals surface area (Å²) in [7, 11) is 1.12. The second-order valence-corrected chi connectivity index (χ2v) is 7.78. The average molecular weight is 371 g/mol. The number of rotatable bonds is 7. The third-order valence-corrected chi connectivity index (χ3v) is 5.01. The van der Waals surface area contributed by atoms with Crippen LogP contribution in [0, 0.1) is 17.3 Å². The summed E-state index contributed by atoms with van der Waals surface area (Å²) in [5.41, 5.74) is 3.43. The van der Waals surface area contributed by atoms with Crippen LogP contribution in [-0.4, -0.2) is 47.7 Å². The molecule has 2 amide bonds. The van der Waals surface area contributed by atoms with Gasteiger partial charge in [-0.05, 0) is 31.1 Å². The number of amides is 2. The summed E-state index contributed by atoms with van der Waals surface area (Å²) < 4.78 is 4.69. The highest BCUT2D eigenvalue weighted by molar-refractivity contribution is 5.94. The predicted octanol–water partition coefficient (Wildman–Crippen LogP) is -0.0177. The lowest BCUT2D eigenvalue weighted by atomic mass is 9.78. The van der Waals surface area contributed by atoms with Gasteiger partial charge in [-0.3, -0.25) is 14.4 Å². The molecule has 9 heteroatoms. The highest BCUT2D eigenvalue weighted by Crippen LogP contribution is 2.46. The average Bonchev–Trinajstić information content (AvgIpc) is 2.78. The molecular formula is C17H29N3O6. The molecule has 0 heterocycles. The molecule has 0 aliphatic heterocycles. The normalized spacial score (nSPS) is 24.8. The van der Waals surface area contributed by atoms with Crippen molar-refractivity contribution in [3.05, 3.63) is 0 Å². The Balaban J connectivity index is 2.98. The van der Waals surface area contributed by atoms with E-state index in [1.807, 2.05) is 20.8 Å². The van der Waals surface area contributed by atoms with Crippen molar-refractivity contribution in [1.29, 1.82) is 0 Å². The van der Waals surface area contributed by atoms with Crippen molar-refractivity contribution in [3.8, 4) is 0 Å². The maximum absolute atomic E-state index is 12.8. The number of nitrogens with two attached hydrogens (primary N) is 1. The number of hydrogen-bond donors (Lipinski definition) is 4. The molecule has 0 aromatic carbocycles. The quantitative estimate of drug-likeness (QED) is 0.363. The van der Waals surface area contributed by atoms with Gasteiger partial charge in [0.15, 0.2) is 0 Å². The smallest absolute Gasteiger partial charge is 0.352 e. The largest absolute Gasteiger partial charge is 0.481 e. The fraction of sp³-hybridized carbons (Fsp3) is 0.765. The zero-order valence-corrected chi connectivity index (χ0v) is 15.9. The maximum atomic E-state index is 12.8. The van der Waals surface area contributed by atoms with Gasteiger partial charge in [-0.2, -0.15) is 0 Å². The van der Waals surface area contributed by atoms with Gasteiger partial charge in [-0.25, -0.2) is 4.79 Å². The molecule has 3 unspecified atom stereocenters. The molecule has 9 nitrogen and oxygen atoms in total. The highest BCUT2D eigenvalue weighted by atomic mass is 16.5. The van der Waals surface area contributed by atoms with Crippen molar-refractivity contribution < 1.29 is 29.0 Å². The predicted molar refractivity (Wildman–Crippen MR) is 92.6 cm³/mol. The van der Waals surface area contributed by atoms with Crippen LogP contribution in [-0.2, 0) is 23.9 Å². The van der Waals surface area contributed by atoms with E-state index in [0.29, 0.717) is 0 Å². The van der Waals surface area contributed by atoms with Crippen molar-refractivity contribution in [2.45, 2.75) is 58.7 Å². The van der Waals surface area contributed by atoms with Crippen molar-refractivity contribution in [2.24, 2.45) is 23.0 Å². The molecule has 1 saturated carbocycles. The van der Waals surface area contributed by atoms with Gasteiger partial charge in [0, 0.05) is 5.92 Å². The Kier molecular flexibility index (Phi) is 6.76. The molecule has 1 aliphatic rings. The van der Waals surface area contributed by atoms with Crippen LogP contribution in [0.3, 0.4) is 0 Å². The van der Waals surface area contributed by atoms with E-state index in [0.717, 1.165) is 20.0 Å². The van der Waals surface area contributed by atoms with Crippen molar-refractivity contribution in [3.63, 3.8) is 0 Å². The Morgan fingerprint density at radius 1 is 1.31 bits per heavy atom. The van der Waals surface area contributed by atoms with E-state index in [4.69, 9.17) is 15.6 Å². The van der Waals surface area contributed by atoms with Crippen molar-refractivity contribution in [1.82, 2.24) is 10.6 Å². The molecule has 5 N–H and O–H groups in total. The molecule has 4 atom stereocenters.